The van der Waals surface area contributed by atoms with Crippen LogP contribution < -0.4 is 5.32 Å². The monoisotopic (exact) mass is 379 g/mol. The fraction of sp³-hybridized carbons (Fsp3) is 0.227. The van der Waals surface area contributed by atoms with Crippen molar-refractivity contribution in [3.63, 3.8) is 0 Å². The number of nitrogens with zero attached hydrogens (tertiary/aromatic N) is 2. The lowest BCUT2D eigenvalue weighted by Crippen LogP contribution is -2.49. The van der Waals surface area contributed by atoms with E-state index in [2.05, 4.69) is 28.4 Å². The van der Waals surface area contributed by atoms with Crippen molar-refractivity contribution < 1.29 is 4.79 Å². The second-order valence-electron chi connectivity index (χ2n) is 6.85. The summed E-state index contributed by atoms with van der Waals surface area (Å²) in [6, 6.07) is 22.0. The minimum Gasteiger partial charge on any atom is -0.322 e. The Morgan fingerprint density at radius 2 is 1.67 bits per heavy atom. The topological polar surface area (TPSA) is 35.6 Å². The van der Waals surface area contributed by atoms with Crippen molar-refractivity contribution in [1.29, 1.82) is 0 Å². The van der Waals surface area contributed by atoms with Gasteiger partial charge in [0.05, 0.1) is 5.69 Å². The van der Waals surface area contributed by atoms with E-state index in [9.17, 15) is 4.79 Å². The molecule has 4 rings (SSSR count). The van der Waals surface area contributed by atoms with E-state index >= 15 is 0 Å². The van der Waals surface area contributed by atoms with Crippen molar-refractivity contribution in [3.8, 4) is 0 Å². The van der Waals surface area contributed by atoms with Gasteiger partial charge in [-0.15, -0.1) is 0 Å². The molecule has 0 unspecified atom stereocenters. The van der Waals surface area contributed by atoms with Crippen LogP contribution in [0.2, 0.25) is 5.02 Å². The SMILES string of the molecule is O=C(Nc1cccc2ccccc12)N1CCN(Cc2cccc(Cl)c2)CC1. The molecule has 1 fully saturated rings. The number of halogens is 1. The van der Waals surface area contributed by atoms with Crippen molar-refractivity contribution in [2.75, 3.05) is 31.5 Å². The molecule has 0 bridgehead atoms. The molecule has 5 heteroatoms. The van der Waals surface area contributed by atoms with Crippen LogP contribution in [0.25, 0.3) is 10.8 Å². The van der Waals surface area contributed by atoms with Crippen LogP contribution in [0.15, 0.2) is 66.7 Å². The lowest BCUT2D eigenvalue weighted by Gasteiger charge is -2.34. The average molecular weight is 380 g/mol. The van der Waals surface area contributed by atoms with Gasteiger partial charge in [-0.25, -0.2) is 4.79 Å². The number of amides is 2. The Kier molecular flexibility index (Phi) is 5.28. The molecule has 1 saturated heterocycles. The van der Waals surface area contributed by atoms with Crippen molar-refractivity contribution >= 4 is 34.1 Å². The summed E-state index contributed by atoms with van der Waals surface area (Å²) in [5.74, 6) is 0. The zero-order valence-electron chi connectivity index (χ0n) is 15.1. The number of piperazine rings is 1. The zero-order valence-corrected chi connectivity index (χ0v) is 15.8. The van der Waals surface area contributed by atoms with E-state index in [1.54, 1.807) is 0 Å². The van der Waals surface area contributed by atoms with Gasteiger partial charge in [0, 0.05) is 43.1 Å². The molecule has 138 valence electrons. The summed E-state index contributed by atoms with van der Waals surface area (Å²) >= 11 is 6.07. The molecular weight excluding hydrogens is 358 g/mol. The maximum atomic E-state index is 12.7. The van der Waals surface area contributed by atoms with Gasteiger partial charge in [-0.1, -0.05) is 60.1 Å². The second-order valence-corrected chi connectivity index (χ2v) is 7.29. The average Bonchev–Trinajstić information content (AvgIpc) is 2.69. The molecule has 0 atom stereocenters. The fourth-order valence-electron chi connectivity index (χ4n) is 3.53. The van der Waals surface area contributed by atoms with Crippen LogP contribution in [-0.4, -0.2) is 42.0 Å². The standard InChI is InChI=1S/C22H22ClN3O/c23-19-8-3-5-17(15-19)16-25-11-13-26(14-12-25)22(27)24-21-10-4-7-18-6-1-2-9-20(18)21/h1-10,15H,11-14,16H2,(H,24,27). The molecule has 0 spiro atoms. The van der Waals surface area contributed by atoms with Gasteiger partial charge in [-0.2, -0.15) is 0 Å². The molecule has 1 aliphatic rings. The highest BCUT2D eigenvalue weighted by atomic mass is 35.5. The number of nitrogens with one attached hydrogen (secondary N) is 1. The summed E-state index contributed by atoms with van der Waals surface area (Å²) in [4.78, 5) is 16.9. The maximum absolute atomic E-state index is 12.7. The molecular formula is C22H22ClN3O. The van der Waals surface area contributed by atoms with E-state index in [-0.39, 0.29) is 6.03 Å². The summed E-state index contributed by atoms with van der Waals surface area (Å²) < 4.78 is 0. The lowest BCUT2D eigenvalue weighted by molar-refractivity contribution is 0.143. The first-order chi connectivity index (χ1) is 13.2. The fourth-order valence-corrected chi connectivity index (χ4v) is 3.74. The number of anilines is 1. The number of hydrogen-bond acceptors (Lipinski definition) is 2. The highest BCUT2D eigenvalue weighted by Crippen LogP contribution is 2.23. The highest BCUT2D eigenvalue weighted by Gasteiger charge is 2.21. The maximum Gasteiger partial charge on any atom is 0.321 e. The number of carbonyl (C=O) groups is 1. The van der Waals surface area contributed by atoms with E-state index in [1.165, 1.54) is 5.56 Å². The third kappa shape index (κ3) is 4.24. The van der Waals surface area contributed by atoms with E-state index in [1.807, 2.05) is 53.4 Å². The number of benzene rings is 3. The normalized spacial score (nSPS) is 15.1. The van der Waals surface area contributed by atoms with Gasteiger partial charge >= 0.3 is 6.03 Å². The second kappa shape index (κ2) is 7.99. The summed E-state index contributed by atoms with van der Waals surface area (Å²) in [7, 11) is 0. The van der Waals surface area contributed by atoms with Gasteiger partial charge in [-0.05, 0) is 29.1 Å². The van der Waals surface area contributed by atoms with Crippen LogP contribution in [0.3, 0.4) is 0 Å². The van der Waals surface area contributed by atoms with Crippen LogP contribution in [-0.2, 0) is 6.54 Å². The molecule has 2 amide bonds. The van der Waals surface area contributed by atoms with Gasteiger partial charge in [0.15, 0.2) is 0 Å². The Bertz CT molecular complexity index is 946. The minimum absolute atomic E-state index is 0.0336. The molecule has 27 heavy (non-hydrogen) atoms. The molecule has 0 aliphatic carbocycles. The van der Waals surface area contributed by atoms with E-state index in [4.69, 9.17) is 11.6 Å². The van der Waals surface area contributed by atoms with Crippen LogP contribution in [0.1, 0.15) is 5.56 Å². The smallest absolute Gasteiger partial charge is 0.321 e. The molecule has 3 aromatic carbocycles. The first-order valence-electron chi connectivity index (χ1n) is 9.19. The summed E-state index contributed by atoms with van der Waals surface area (Å²) in [5, 5.41) is 6.03. The number of hydrogen-bond donors (Lipinski definition) is 1. The Balaban J connectivity index is 1.36. The molecule has 4 nitrogen and oxygen atoms in total. The Hall–Kier alpha value is -2.56. The number of rotatable bonds is 3. The summed E-state index contributed by atoms with van der Waals surface area (Å²) in [5.41, 5.74) is 2.07. The molecule has 1 N–H and O–H groups in total. The van der Waals surface area contributed by atoms with Crippen LogP contribution in [0, 0.1) is 0 Å². The number of urea groups is 1. The molecule has 0 aromatic heterocycles. The molecule has 0 saturated carbocycles. The van der Waals surface area contributed by atoms with E-state index in [0.29, 0.717) is 0 Å². The summed E-state index contributed by atoms with van der Waals surface area (Å²) in [6.45, 7) is 4.01. The van der Waals surface area contributed by atoms with Gasteiger partial charge in [0.1, 0.15) is 0 Å². The largest absolute Gasteiger partial charge is 0.322 e. The van der Waals surface area contributed by atoms with E-state index in [0.717, 1.165) is 54.2 Å². The van der Waals surface area contributed by atoms with Gasteiger partial charge in [0.2, 0.25) is 0 Å². The van der Waals surface area contributed by atoms with Crippen molar-refractivity contribution in [3.05, 3.63) is 77.3 Å². The summed E-state index contributed by atoms with van der Waals surface area (Å²) in [6.07, 6.45) is 0. The highest BCUT2D eigenvalue weighted by molar-refractivity contribution is 6.30. The molecule has 3 aromatic rings. The molecule has 1 heterocycles. The van der Waals surface area contributed by atoms with Crippen LogP contribution >= 0.6 is 11.6 Å². The Labute approximate surface area is 164 Å². The van der Waals surface area contributed by atoms with E-state index < -0.39 is 0 Å². The zero-order chi connectivity index (χ0) is 18.6. The Morgan fingerprint density at radius 3 is 2.48 bits per heavy atom. The predicted octanol–water partition coefficient (Wildman–Crippen LogP) is 4.84. The van der Waals surface area contributed by atoms with Crippen molar-refractivity contribution in [2.45, 2.75) is 6.54 Å². The number of carbonyl (C=O) groups excluding carboxylic acids is 1. The first kappa shape index (κ1) is 17.8. The molecule has 1 aliphatic heterocycles. The third-order valence-corrected chi connectivity index (χ3v) is 5.22. The first-order valence-corrected chi connectivity index (χ1v) is 9.57. The van der Waals surface area contributed by atoms with Gasteiger partial charge in [0.25, 0.3) is 0 Å². The van der Waals surface area contributed by atoms with Crippen LogP contribution in [0.4, 0.5) is 10.5 Å². The van der Waals surface area contributed by atoms with Crippen molar-refractivity contribution in [1.82, 2.24) is 9.80 Å². The van der Waals surface area contributed by atoms with Crippen molar-refractivity contribution in [2.24, 2.45) is 0 Å². The minimum atomic E-state index is -0.0336. The third-order valence-electron chi connectivity index (χ3n) is 4.99. The Morgan fingerprint density at radius 1 is 0.926 bits per heavy atom. The molecule has 0 radical (unpaired) electrons. The van der Waals surface area contributed by atoms with Gasteiger partial charge < -0.3 is 10.2 Å². The van der Waals surface area contributed by atoms with Gasteiger partial charge in [-0.3, -0.25) is 4.90 Å². The van der Waals surface area contributed by atoms with Crippen LogP contribution in [0.5, 0.6) is 0 Å². The predicted molar refractivity (Wildman–Crippen MR) is 111 cm³/mol. The quantitative estimate of drug-likeness (QED) is 0.706. The number of fused-ring (bicyclic) bond motifs is 1. The lowest BCUT2D eigenvalue weighted by atomic mass is 10.1.